The number of carbonyl (C=O) groups is 1. The number of hydrogen-bond acceptors (Lipinski definition) is 6. The Labute approximate surface area is 198 Å². The van der Waals surface area contributed by atoms with Crippen molar-refractivity contribution in [1.29, 1.82) is 0 Å². The van der Waals surface area contributed by atoms with E-state index >= 15 is 0 Å². The summed E-state index contributed by atoms with van der Waals surface area (Å²) in [5, 5.41) is 12.1. The summed E-state index contributed by atoms with van der Waals surface area (Å²) >= 11 is 1.33. The Morgan fingerprint density at radius 2 is 1.82 bits per heavy atom. The van der Waals surface area contributed by atoms with E-state index in [9.17, 15) is 13.2 Å². The average Bonchev–Trinajstić information content (AvgIpc) is 3.34. The SMILES string of the molecule is C[C@@H](NC(=O)CSc1nnc(C[C@@H]2CCS(=O)(=O)C2)n1C)c1ccc(-c2ccccc2)cc1. The maximum Gasteiger partial charge on any atom is 0.230 e. The third kappa shape index (κ3) is 6.03. The lowest BCUT2D eigenvalue weighted by atomic mass is 10.0. The monoisotopic (exact) mass is 484 g/mol. The Kier molecular flexibility index (Phi) is 7.19. The van der Waals surface area contributed by atoms with Gasteiger partial charge in [0.1, 0.15) is 5.82 Å². The number of amides is 1. The van der Waals surface area contributed by atoms with E-state index in [4.69, 9.17) is 0 Å². The molecule has 1 aliphatic rings. The zero-order chi connectivity index (χ0) is 23.4. The summed E-state index contributed by atoms with van der Waals surface area (Å²) in [4.78, 5) is 12.5. The number of thioether (sulfide) groups is 1. The van der Waals surface area contributed by atoms with E-state index in [0.29, 0.717) is 18.0 Å². The summed E-state index contributed by atoms with van der Waals surface area (Å²) < 4.78 is 25.2. The smallest absolute Gasteiger partial charge is 0.230 e. The van der Waals surface area contributed by atoms with E-state index in [0.717, 1.165) is 22.5 Å². The van der Waals surface area contributed by atoms with Crippen molar-refractivity contribution in [2.45, 2.75) is 31.0 Å². The summed E-state index contributed by atoms with van der Waals surface area (Å²) in [6, 6.07) is 18.3. The van der Waals surface area contributed by atoms with Crippen molar-refractivity contribution in [3.05, 3.63) is 66.0 Å². The Bertz CT molecular complexity index is 1210. The number of rotatable bonds is 8. The van der Waals surface area contributed by atoms with Gasteiger partial charge in [-0.05, 0) is 36.0 Å². The normalized spacial score (nSPS) is 18.2. The van der Waals surface area contributed by atoms with Crippen LogP contribution in [0.25, 0.3) is 11.1 Å². The van der Waals surface area contributed by atoms with Gasteiger partial charge >= 0.3 is 0 Å². The predicted octanol–water partition coefficient (Wildman–Crippen LogP) is 3.43. The molecular weight excluding hydrogens is 456 g/mol. The molecule has 174 valence electrons. The van der Waals surface area contributed by atoms with E-state index in [2.05, 4.69) is 39.8 Å². The topological polar surface area (TPSA) is 94.0 Å². The Morgan fingerprint density at radius 1 is 1.12 bits per heavy atom. The number of nitrogens with one attached hydrogen (secondary N) is 1. The number of hydrogen-bond donors (Lipinski definition) is 1. The first kappa shape index (κ1) is 23.5. The third-order valence-corrected chi connectivity index (χ3v) is 8.81. The van der Waals surface area contributed by atoms with E-state index in [1.165, 1.54) is 11.8 Å². The minimum absolute atomic E-state index is 0.0777. The van der Waals surface area contributed by atoms with Gasteiger partial charge in [0, 0.05) is 13.5 Å². The van der Waals surface area contributed by atoms with Gasteiger partial charge in [-0.25, -0.2) is 8.42 Å². The highest BCUT2D eigenvalue weighted by Crippen LogP contribution is 2.24. The zero-order valence-electron chi connectivity index (χ0n) is 18.8. The zero-order valence-corrected chi connectivity index (χ0v) is 20.4. The molecule has 1 aromatic heterocycles. The molecule has 0 spiro atoms. The average molecular weight is 485 g/mol. The molecule has 1 saturated heterocycles. The summed E-state index contributed by atoms with van der Waals surface area (Å²) in [7, 11) is -1.05. The van der Waals surface area contributed by atoms with Crippen LogP contribution in [-0.4, -0.2) is 46.3 Å². The minimum Gasteiger partial charge on any atom is -0.349 e. The molecule has 1 aliphatic heterocycles. The molecule has 0 radical (unpaired) electrons. The van der Waals surface area contributed by atoms with Gasteiger partial charge in [-0.15, -0.1) is 10.2 Å². The van der Waals surface area contributed by atoms with Crippen LogP contribution in [0.4, 0.5) is 0 Å². The second-order valence-corrected chi connectivity index (χ2v) is 11.7. The van der Waals surface area contributed by atoms with Crippen molar-refractivity contribution >= 4 is 27.5 Å². The van der Waals surface area contributed by atoms with Gasteiger partial charge in [-0.1, -0.05) is 66.4 Å². The predicted molar refractivity (Wildman–Crippen MR) is 131 cm³/mol. The first-order chi connectivity index (χ1) is 15.8. The van der Waals surface area contributed by atoms with Crippen LogP contribution >= 0.6 is 11.8 Å². The minimum atomic E-state index is -2.91. The standard InChI is InChI=1S/C24H28N4O3S2/c1-17(19-8-10-21(11-9-19)20-6-4-3-5-7-20)25-23(29)15-32-24-27-26-22(28(24)2)14-18-12-13-33(30,31)16-18/h3-11,17-18H,12-16H2,1-2H3,(H,25,29)/t17-,18+/m1/s1. The van der Waals surface area contributed by atoms with Crippen molar-refractivity contribution in [1.82, 2.24) is 20.1 Å². The molecule has 3 aromatic rings. The van der Waals surface area contributed by atoms with Gasteiger partial charge in [0.25, 0.3) is 0 Å². The van der Waals surface area contributed by atoms with Gasteiger partial charge in [0.05, 0.1) is 23.3 Å². The maximum atomic E-state index is 12.5. The molecule has 7 nitrogen and oxygen atoms in total. The first-order valence-electron chi connectivity index (χ1n) is 11.0. The van der Waals surface area contributed by atoms with Gasteiger partial charge in [-0.2, -0.15) is 0 Å². The van der Waals surface area contributed by atoms with Crippen molar-refractivity contribution in [2.75, 3.05) is 17.3 Å². The van der Waals surface area contributed by atoms with Crippen LogP contribution in [0.1, 0.15) is 30.8 Å². The van der Waals surface area contributed by atoms with Crippen molar-refractivity contribution in [3.63, 3.8) is 0 Å². The highest BCUT2D eigenvalue weighted by atomic mass is 32.2. The lowest BCUT2D eigenvalue weighted by Crippen LogP contribution is -2.28. The molecule has 0 unspecified atom stereocenters. The molecule has 9 heteroatoms. The molecule has 0 saturated carbocycles. The lowest BCUT2D eigenvalue weighted by Gasteiger charge is -2.15. The fourth-order valence-electron chi connectivity index (χ4n) is 4.03. The molecule has 1 amide bonds. The van der Waals surface area contributed by atoms with Gasteiger partial charge in [-0.3, -0.25) is 4.79 Å². The van der Waals surface area contributed by atoms with E-state index in [1.54, 1.807) is 0 Å². The Morgan fingerprint density at radius 3 is 2.48 bits per heavy atom. The molecule has 0 aliphatic carbocycles. The van der Waals surface area contributed by atoms with Gasteiger partial charge in [0.15, 0.2) is 15.0 Å². The maximum absolute atomic E-state index is 12.5. The number of nitrogens with zero attached hydrogens (tertiary/aromatic N) is 3. The quantitative estimate of drug-likeness (QED) is 0.493. The fraction of sp³-hybridized carbons (Fsp3) is 0.375. The van der Waals surface area contributed by atoms with E-state index in [1.807, 2.05) is 48.9 Å². The number of aromatic nitrogens is 3. The summed E-state index contributed by atoms with van der Waals surface area (Å²) in [5.41, 5.74) is 3.34. The van der Waals surface area contributed by atoms with Gasteiger partial charge < -0.3 is 9.88 Å². The van der Waals surface area contributed by atoms with Crippen molar-refractivity contribution in [2.24, 2.45) is 13.0 Å². The van der Waals surface area contributed by atoms with Crippen molar-refractivity contribution in [3.8, 4) is 11.1 Å². The van der Waals surface area contributed by atoms with Crippen LogP contribution in [0.2, 0.25) is 0 Å². The van der Waals surface area contributed by atoms with E-state index in [-0.39, 0.29) is 35.1 Å². The van der Waals surface area contributed by atoms with Crippen molar-refractivity contribution < 1.29 is 13.2 Å². The Balaban J connectivity index is 1.28. The fourth-order valence-corrected chi connectivity index (χ4v) is 6.63. The van der Waals surface area contributed by atoms with Crippen LogP contribution in [0.15, 0.2) is 59.8 Å². The molecular formula is C24H28N4O3S2. The van der Waals surface area contributed by atoms with Crippen LogP contribution < -0.4 is 5.32 Å². The number of carbonyl (C=O) groups excluding carboxylic acids is 1. The molecule has 2 heterocycles. The summed E-state index contributed by atoms with van der Waals surface area (Å²) in [6.45, 7) is 1.97. The molecule has 1 N–H and O–H groups in total. The molecule has 1 fully saturated rings. The first-order valence-corrected chi connectivity index (χ1v) is 13.8. The highest BCUT2D eigenvalue weighted by molar-refractivity contribution is 7.99. The third-order valence-electron chi connectivity index (χ3n) is 5.95. The summed E-state index contributed by atoms with van der Waals surface area (Å²) in [6.07, 6.45) is 1.26. The second-order valence-electron chi connectivity index (χ2n) is 8.50. The number of benzene rings is 2. The van der Waals surface area contributed by atoms with Crippen LogP contribution in [0.3, 0.4) is 0 Å². The lowest BCUT2D eigenvalue weighted by molar-refractivity contribution is -0.119. The van der Waals surface area contributed by atoms with Crippen LogP contribution in [0, 0.1) is 5.92 Å². The van der Waals surface area contributed by atoms with Gasteiger partial charge in [0.2, 0.25) is 5.91 Å². The molecule has 33 heavy (non-hydrogen) atoms. The molecule has 2 aromatic carbocycles. The molecule has 0 bridgehead atoms. The van der Waals surface area contributed by atoms with E-state index < -0.39 is 9.84 Å². The van der Waals surface area contributed by atoms with Crippen LogP contribution in [0.5, 0.6) is 0 Å². The molecule has 4 rings (SSSR count). The second kappa shape index (κ2) is 10.1. The largest absolute Gasteiger partial charge is 0.349 e. The highest BCUT2D eigenvalue weighted by Gasteiger charge is 2.29. The van der Waals surface area contributed by atoms with Crippen LogP contribution in [-0.2, 0) is 28.1 Å². The number of sulfone groups is 1. The molecule has 2 atom stereocenters. The summed E-state index contributed by atoms with van der Waals surface area (Å²) in [5.74, 6) is 1.47. The Hall–Kier alpha value is -2.65.